The first-order valence-corrected chi connectivity index (χ1v) is 4.85. The number of anilines is 1. The summed E-state index contributed by atoms with van der Waals surface area (Å²) in [6.45, 7) is 2.03. The predicted octanol–water partition coefficient (Wildman–Crippen LogP) is 3.79. The van der Waals surface area contributed by atoms with Crippen molar-refractivity contribution in [3.63, 3.8) is 0 Å². The van der Waals surface area contributed by atoms with Crippen LogP contribution in [0.15, 0.2) is 48.5 Å². The zero-order valence-electron chi connectivity index (χ0n) is 9.01. The summed E-state index contributed by atoms with van der Waals surface area (Å²) in [4.78, 5) is 0. The van der Waals surface area contributed by atoms with Crippen LogP contribution in [0.25, 0.3) is 0 Å². The number of aryl methyl sites for hydroxylation is 1. The van der Waals surface area contributed by atoms with E-state index in [-0.39, 0.29) is 12.4 Å². The van der Waals surface area contributed by atoms with Crippen LogP contribution in [-0.4, -0.2) is 0 Å². The van der Waals surface area contributed by atoms with Crippen molar-refractivity contribution in [3.8, 4) is 11.5 Å². The number of hydrogen-bond donors (Lipinski definition) is 1. The van der Waals surface area contributed by atoms with E-state index in [9.17, 15) is 0 Å². The van der Waals surface area contributed by atoms with Crippen molar-refractivity contribution >= 4 is 18.1 Å². The molecule has 84 valence electrons. The molecular weight excluding hydrogens is 222 g/mol. The Bertz CT molecular complexity index is 471. The second-order valence-corrected chi connectivity index (χ2v) is 3.46. The first kappa shape index (κ1) is 12.4. The van der Waals surface area contributed by atoms with Gasteiger partial charge in [-0.15, -0.1) is 12.4 Å². The van der Waals surface area contributed by atoms with Gasteiger partial charge in [0.2, 0.25) is 0 Å². The van der Waals surface area contributed by atoms with E-state index in [2.05, 4.69) is 0 Å². The lowest BCUT2D eigenvalue weighted by atomic mass is 10.2. The van der Waals surface area contributed by atoms with Gasteiger partial charge >= 0.3 is 0 Å². The number of ether oxygens (including phenoxy) is 1. The number of hydrogen-bond acceptors (Lipinski definition) is 2. The highest BCUT2D eigenvalue weighted by atomic mass is 35.5. The van der Waals surface area contributed by atoms with Crippen LogP contribution in [-0.2, 0) is 0 Å². The Labute approximate surface area is 101 Å². The zero-order valence-corrected chi connectivity index (χ0v) is 9.83. The van der Waals surface area contributed by atoms with Gasteiger partial charge in [0.1, 0.15) is 11.5 Å². The van der Waals surface area contributed by atoms with Crippen molar-refractivity contribution in [2.24, 2.45) is 0 Å². The summed E-state index contributed by atoms with van der Waals surface area (Å²) >= 11 is 0. The molecule has 2 nitrogen and oxygen atoms in total. The molecule has 0 atom stereocenters. The van der Waals surface area contributed by atoms with Gasteiger partial charge in [-0.1, -0.05) is 24.3 Å². The molecule has 0 fully saturated rings. The van der Waals surface area contributed by atoms with Crippen LogP contribution >= 0.6 is 12.4 Å². The first-order chi connectivity index (χ1) is 7.25. The summed E-state index contributed by atoms with van der Waals surface area (Å²) < 4.78 is 5.66. The van der Waals surface area contributed by atoms with E-state index in [0.717, 1.165) is 5.75 Å². The predicted molar refractivity (Wildman–Crippen MR) is 69.4 cm³/mol. The third-order valence-electron chi connectivity index (χ3n) is 2.14. The summed E-state index contributed by atoms with van der Waals surface area (Å²) in [7, 11) is 0. The molecule has 0 amide bonds. The number of para-hydroxylation sites is 2. The average molecular weight is 236 g/mol. The third-order valence-corrected chi connectivity index (χ3v) is 2.14. The second-order valence-electron chi connectivity index (χ2n) is 3.46. The number of halogens is 1. The minimum Gasteiger partial charge on any atom is -0.455 e. The highest BCUT2D eigenvalue weighted by molar-refractivity contribution is 5.85. The molecule has 2 N–H and O–H groups in total. The van der Waals surface area contributed by atoms with E-state index in [1.165, 1.54) is 5.56 Å². The maximum atomic E-state index is 5.78. The molecular formula is C13H14ClNO. The van der Waals surface area contributed by atoms with Gasteiger partial charge in [0.05, 0.1) is 5.69 Å². The zero-order chi connectivity index (χ0) is 10.7. The third kappa shape index (κ3) is 2.91. The van der Waals surface area contributed by atoms with Crippen molar-refractivity contribution in [2.75, 3.05) is 5.73 Å². The quantitative estimate of drug-likeness (QED) is 0.804. The molecule has 0 radical (unpaired) electrons. The van der Waals surface area contributed by atoms with Gasteiger partial charge in [-0.25, -0.2) is 0 Å². The Morgan fingerprint density at radius 2 is 1.75 bits per heavy atom. The summed E-state index contributed by atoms with van der Waals surface area (Å²) in [5.74, 6) is 1.51. The molecule has 0 aliphatic heterocycles. The Hall–Kier alpha value is -1.67. The molecule has 0 saturated carbocycles. The fourth-order valence-electron chi connectivity index (χ4n) is 1.38. The molecule has 0 aromatic heterocycles. The van der Waals surface area contributed by atoms with Crippen molar-refractivity contribution in [3.05, 3.63) is 54.1 Å². The van der Waals surface area contributed by atoms with Gasteiger partial charge in [-0.05, 0) is 36.8 Å². The summed E-state index contributed by atoms with van der Waals surface area (Å²) in [5, 5.41) is 0. The van der Waals surface area contributed by atoms with Crippen molar-refractivity contribution < 1.29 is 4.74 Å². The van der Waals surface area contributed by atoms with E-state index in [4.69, 9.17) is 10.5 Å². The van der Waals surface area contributed by atoms with Crippen LogP contribution in [0.4, 0.5) is 5.69 Å². The molecule has 2 aromatic carbocycles. The monoisotopic (exact) mass is 235 g/mol. The van der Waals surface area contributed by atoms with Crippen LogP contribution in [0.5, 0.6) is 11.5 Å². The summed E-state index contributed by atoms with van der Waals surface area (Å²) in [6.07, 6.45) is 0. The van der Waals surface area contributed by atoms with Crippen molar-refractivity contribution in [1.29, 1.82) is 0 Å². The smallest absolute Gasteiger partial charge is 0.150 e. The topological polar surface area (TPSA) is 35.2 Å². The fraction of sp³-hybridized carbons (Fsp3) is 0.0769. The molecule has 0 bridgehead atoms. The Kier molecular flexibility index (Phi) is 4.20. The van der Waals surface area contributed by atoms with Gasteiger partial charge < -0.3 is 10.5 Å². The minimum atomic E-state index is 0. The Balaban J connectivity index is 0.00000128. The molecule has 0 saturated heterocycles. The maximum Gasteiger partial charge on any atom is 0.150 e. The Morgan fingerprint density at radius 3 is 2.44 bits per heavy atom. The molecule has 0 spiro atoms. The maximum absolute atomic E-state index is 5.78. The molecule has 2 rings (SSSR count). The molecule has 2 aromatic rings. The first-order valence-electron chi connectivity index (χ1n) is 4.85. The van der Waals surface area contributed by atoms with Gasteiger partial charge in [-0.2, -0.15) is 0 Å². The number of nitrogens with two attached hydrogens (primary N) is 1. The highest BCUT2D eigenvalue weighted by Gasteiger charge is 2.00. The van der Waals surface area contributed by atoms with E-state index >= 15 is 0 Å². The van der Waals surface area contributed by atoms with Crippen LogP contribution in [0, 0.1) is 6.92 Å². The summed E-state index contributed by atoms with van der Waals surface area (Å²) in [6, 6.07) is 15.4. The average Bonchev–Trinajstić information content (AvgIpc) is 2.22. The number of rotatable bonds is 2. The van der Waals surface area contributed by atoms with Crippen LogP contribution in [0.1, 0.15) is 5.56 Å². The van der Waals surface area contributed by atoms with E-state index in [0.29, 0.717) is 11.4 Å². The largest absolute Gasteiger partial charge is 0.455 e. The lowest BCUT2D eigenvalue weighted by Crippen LogP contribution is -1.91. The normalized spacial score (nSPS) is 9.31. The van der Waals surface area contributed by atoms with Crippen LogP contribution in [0.3, 0.4) is 0 Å². The SMILES string of the molecule is Cc1cccc(Oc2ccccc2N)c1.Cl. The molecule has 0 heterocycles. The fourth-order valence-corrected chi connectivity index (χ4v) is 1.38. The lowest BCUT2D eigenvalue weighted by molar-refractivity contribution is 0.484. The minimum absolute atomic E-state index is 0. The molecule has 0 aliphatic carbocycles. The van der Waals surface area contributed by atoms with Crippen LogP contribution < -0.4 is 10.5 Å². The van der Waals surface area contributed by atoms with E-state index < -0.39 is 0 Å². The van der Waals surface area contributed by atoms with E-state index in [1.54, 1.807) is 0 Å². The van der Waals surface area contributed by atoms with Gasteiger partial charge in [0.25, 0.3) is 0 Å². The van der Waals surface area contributed by atoms with Crippen molar-refractivity contribution in [2.45, 2.75) is 6.92 Å². The summed E-state index contributed by atoms with van der Waals surface area (Å²) in [5.41, 5.74) is 7.60. The molecule has 0 unspecified atom stereocenters. The van der Waals surface area contributed by atoms with Gasteiger partial charge in [-0.3, -0.25) is 0 Å². The second kappa shape index (κ2) is 5.42. The lowest BCUT2D eigenvalue weighted by Gasteiger charge is -2.08. The standard InChI is InChI=1S/C13H13NO.ClH/c1-10-5-4-6-11(9-10)15-13-8-3-2-7-12(13)14;/h2-9H,14H2,1H3;1H. The Morgan fingerprint density at radius 1 is 1.00 bits per heavy atom. The molecule has 16 heavy (non-hydrogen) atoms. The van der Waals surface area contributed by atoms with Gasteiger partial charge in [0.15, 0.2) is 0 Å². The van der Waals surface area contributed by atoms with E-state index in [1.807, 2.05) is 55.5 Å². The van der Waals surface area contributed by atoms with Crippen LogP contribution in [0.2, 0.25) is 0 Å². The highest BCUT2D eigenvalue weighted by Crippen LogP contribution is 2.26. The number of nitrogen functional groups attached to an aromatic ring is 1. The van der Waals surface area contributed by atoms with Crippen molar-refractivity contribution in [1.82, 2.24) is 0 Å². The molecule has 0 aliphatic rings. The molecule has 3 heteroatoms. The number of benzene rings is 2. The van der Waals surface area contributed by atoms with Gasteiger partial charge in [0, 0.05) is 0 Å².